The minimum absolute atomic E-state index is 0. The molecule has 0 bridgehead atoms. The lowest BCUT2D eigenvalue weighted by Crippen LogP contribution is -2.41. The number of carbonyl (C=O) groups excluding carboxylic acids is 1. The van der Waals surface area contributed by atoms with Crippen molar-refractivity contribution < 1.29 is 15.0 Å². The summed E-state index contributed by atoms with van der Waals surface area (Å²) in [5, 5.41) is 0. The van der Waals surface area contributed by atoms with E-state index in [1.807, 2.05) is 11.0 Å². The molecule has 0 aromatic rings. The summed E-state index contributed by atoms with van der Waals surface area (Å²) in [6.45, 7) is 0. The number of nitrogens with one attached hydrogen (secondary N) is 2. The highest BCUT2D eigenvalue weighted by Gasteiger charge is 1.89. The van der Waals surface area contributed by atoms with Crippen molar-refractivity contribution in [3.63, 3.8) is 0 Å². The number of nitrogens with two attached hydrogens (primary N) is 1. The molecule has 0 aromatic carbocycles. The van der Waals surface area contributed by atoms with Crippen LogP contribution in [0.1, 0.15) is 0 Å². The van der Waals surface area contributed by atoms with Crippen LogP contribution in [0.2, 0.25) is 0 Å². The van der Waals surface area contributed by atoms with Gasteiger partial charge in [-0.25, -0.2) is 10.2 Å². The van der Waals surface area contributed by atoms with Crippen molar-refractivity contribution in [2.24, 2.45) is 5.84 Å². The zero-order chi connectivity index (χ0) is 5.70. The molecule has 6 N–H and O–H groups in total. The van der Waals surface area contributed by atoms with Crippen LogP contribution in [0.5, 0.6) is 0 Å². The number of ether oxygens (including phenoxy) is 1. The summed E-state index contributed by atoms with van der Waals surface area (Å²) >= 11 is 0. The van der Waals surface area contributed by atoms with Crippen LogP contribution in [-0.4, -0.2) is 18.7 Å². The van der Waals surface area contributed by atoms with Crippen molar-refractivity contribution >= 4 is 6.09 Å². The maximum absolute atomic E-state index is 9.94. The van der Waals surface area contributed by atoms with Gasteiger partial charge in [-0.3, -0.25) is 5.84 Å². The fourth-order valence-electron chi connectivity index (χ4n) is 0.110. The normalized spacial score (nSPS) is 6.75. The lowest BCUT2D eigenvalue weighted by Gasteiger charge is -1.96. The summed E-state index contributed by atoms with van der Waals surface area (Å²) in [5.74, 6) is 4.64. The van der Waals surface area contributed by atoms with E-state index in [1.165, 1.54) is 7.11 Å². The second-order valence-corrected chi connectivity index (χ2v) is 0.761. The molecule has 50 valence electrons. The molecule has 0 unspecified atom stereocenters. The van der Waals surface area contributed by atoms with Crippen LogP contribution >= 0.6 is 0 Å². The minimum Gasteiger partial charge on any atom is -0.452 e. The predicted molar refractivity (Wildman–Crippen MR) is 26.5 cm³/mol. The smallest absolute Gasteiger partial charge is 0.422 e. The Morgan fingerprint density at radius 2 is 2.25 bits per heavy atom. The topological polar surface area (TPSA) is 108 Å². The van der Waals surface area contributed by atoms with Crippen LogP contribution in [0.25, 0.3) is 0 Å². The Bertz CT molecular complexity index is 65.5. The molecule has 0 atom stereocenters. The number of hydrazine groups is 2. The fourth-order valence-corrected chi connectivity index (χ4v) is 0.110. The molecule has 8 heavy (non-hydrogen) atoms. The van der Waals surface area contributed by atoms with E-state index in [9.17, 15) is 4.79 Å². The van der Waals surface area contributed by atoms with E-state index in [1.54, 1.807) is 0 Å². The van der Waals surface area contributed by atoms with Gasteiger partial charge in [0.1, 0.15) is 0 Å². The van der Waals surface area contributed by atoms with Gasteiger partial charge in [-0.1, -0.05) is 0 Å². The Kier molecular flexibility index (Phi) is 7.84. The fraction of sp³-hybridized carbons (Fsp3) is 0.500. The standard InChI is InChI=1S/C2H7N3O2.H2O/c1-7-2(6)4-5-3;/h5H,3H2,1H3,(H,4,6);1H2. The molecule has 0 aliphatic carbocycles. The van der Waals surface area contributed by atoms with Gasteiger partial charge in [-0.05, 0) is 0 Å². The SMILES string of the molecule is COC(=O)NNN.O. The molecule has 0 spiro atoms. The molecule has 1 amide bonds. The summed E-state index contributed by atoms with van der Waals surface area (Å²) in [4.78, 5) is 9.94. The number of carbonyl (C=O) groups is 1. The second kappa shape index (κ2) is 6.15. The Balaban J connectivity index is 0. The van der Waals surface area contributed by atoms with E-state index in [0.29, 0.717) is 0 Å². The third-order valence-electron chi connectivity index (χ3n) is 0.360. The average Bonchev–Trinajstić information content (AvgIpc) is 1.68. The molecule has 0 saturated carbocycles. The highest BCUT2D eigenvalue weighted by atomic mass is 16.5. The van der Waals surface area contributed by atoms with Crippen LogP contribution in [0.15, 0.2) is 0 Å². The number of hydrogen-bond donors (Lipinski definition) is 3. The van der Waals surface area contributed by atoms with Crippen molar-refractivity contribution in [1.82, 2.24) is 11.0 Å². The van der Waals surface area contributed by atoms with Gasteiger partial charge in [-0.2, -0.15) is 5.53 Å². The van der Waals surface area contributed by atoms with E-state index < -0.39 is 6.09 Å². The average molecular weight is 123 g/mol. The lowest BCUT2D eigenvalue weighted by molar-refractivity contribution is 0.166. The van der Waals surface area contributed by atoms with Gasteiger partial charge in [0.15, 0.2) is 0 Å². The van der Waals surface area contributed by atoms with Crippen molar-refractivity contribution in [1.29, 1.82) is 0 Å². The van der Waals surface area contributed by atoms with Crippen LogP contribution < -0.4 is 16.8 Å². The summed E-state index contributed by atoms with van der Waals surface area (Å²) in [6.07, 6.45) is -0.609. The molecule has 0 aliphatic rings. The molecule has 0 heterocycles. The predicted octanol–water partition coefficient (Wildman–Crippen LogP) is -2.10. The number of methoxy groups -OCH3 is 1. The van der Waals surface area contributed by atoms with Gasteiger partial charge in [-0.15, -0.1) is 0 Å². The Morgan fingerprint density at radius 1 is 1.75 bits per heavy atom. The Morgan fingerprint density at radius 3 is 2.38 bits per heavy atom. The first-order chi connectivity index (χ1) is 3.31. The zero-order valence-electron chi connectivity index (χ0n) is 4.39. The van der Waals surface area contributed by atoms with Crippen molar-refractivity contribution in [2.45, 2.75) is 0 Å². The van der Waals surface area contributed by atoms with Gasteiger partial charge >= 0.3 is 6.09 Å². The van der Waals surface area contributed by atoms with Gasteiger partial charge in [0, 0.05) is 0 Å². The van der Waals surface area contributed by atoms with Crippen molar-refractivity contribution in [3.05, 3.63) is 0 Å². The molecule has 0 fully saturated rings. The Hall–Kier alpha value is -0.850. The quantitative estimate of drug-likeness (QED) is 0.274. The summed E-state index contributed by atoms with van der Waals surface area (Å²) < 4.78 is 4.10. The molecule has 0 aliphatic heterocycles. The second-order valence-electron chi connectivity index (χ2n) is 0.761. The monoisotopic (exact) mass is 123 g/mol. The summed E-state index contributed by atoms with van der Waals surface area (Å²) in [6, 6.07) is 0. The van der Waals surface area contributed by atoms with Gasteiger partial charge in [0.2, 0.25) is 0 Å². The molecular weight excluding hydrogens is 114 g/mol. The van der Waals surface area contributed by atoms with E-state index in [4.69, 9.17) is 0 Å². The summed E-state index contributed by atoms with van der Waals surface area (Å²) in [7, 11) is 1.24. The first-order valence-electron chi connectivity index (χ1n) is 1.61. The van der Waals surface area contributed by atoms with E-state index in [-0.39, 0.29) is 5.48 Å². The van der Waals surface area contributed by atoms with Crippen LogP contribution in [0.3, 0.4) is 0 Å². The van der Waals surface area contributed by atoms with E-state index >= 15 is 0 Å². The highest BCUT2D eigenvalue weighted by molar-refractivity contribution is 5.66. The zero-order valence-corrected chi connectivity index (χ0v) is 4.39. The number of rotatable bonds is 1. The van der Waals surface area contributed by atoms with Crippen LogP contribution in [0, 0.1) is 0 Å². The first-order valence-corrected chi connectivity index (χ1v) is 1.61. The lowest BCUT2D eigenvalue weighted by atomic mass is 11.2. The maximum Gasteiger partial charge on any atom is 0.422 e. The maximum atomic E-state index is 9.94. The highest BCUT2D eigenvalue weighted by Crippen LogP contribution is 1.61. The third-order valence-corrected chi connectivity index (χ3v) is 0.360. The van der Waals surface area contributed by atoms with Gasteiger partial charge in [0.25, 0.3) is 0 Å². The van der Waals surface area contributed by atoms with Crippen LogP contribution in [-0.2, 0) is 4.74 Å². The molecule has 0 aromatic heterocycles. The summed E-state index contributed by atoms with van der Waals surface area (Å²) in [5.41, 5.74) is 3.86. The minimum atomic E-state index is -0.609. The largest absolute Gasteiger partial charge is 0.452 e. The number of hydrogen-bond acceptors (Lipinski definition) is 4. The van der Waals surface area contributed by atoms with Crippen LogP contribution in [0.4, 0.5) is 4.79 Å². The van der Waals surface area contributed by atoms with Gasteiger partial charge in [0.05, 0.1) is 7.11 Å². The van der Waals surface area contributed by atoms with E-state index in [0.717, 1.165) is 0 Å². The first kappa shape index (κ1) is 10.2. The molecule has 0 radical (unpaired) electrons. The molecule has 6 nitrogen and oxygen atoms in total. The van der Waals surface area contributed by atoms with E-state index in [2.05, 4.69) is 10.6 Å². The van der Waals surface area contributed by atoms with Crippen molar-refractivity contribution in [2.75, 3.05) is 7.11 Å². The molecule has 0 rings (SSSR count). The molecule has 6 heteroatoms. The Labute approximate surface area is 46.2 Å². The van der Waals surface area contributed by atoms with Gasteiger partial charge < -0.3 is 10.2 Å². The third kappa shape index (κ3) is 5.15. The van der Waals surface area contributed by atoms with Crippen molar-refractivity contribution in [3.8, 4) is 0 Å². The molecular formula is C2H9N3O3. The number of amides is 1. The molecule has 0 saturated heterocycles.